The number of oxazole rings is 1. The number of nitrogens with zero attached hydrogens (tertiary/aromatic N) is 2. The molecule has 6 nitrogen and oxygen atoms in total. The number of hydrogen-bond acceptors (Lipinski definition) is 5. The van der Waals surface area contributed by atoms with Crippen LogP contribution in [0.15, 0.2) is 10.7 Å². The molecule has 26 heavy (non-hydrogen) atoms. The van der Waals surface area contributed by atoms with E-state index in [0.717, 1.165) is 12.8 Å². The van der Waals surface area contributed by atoms with Gasteiger partial charge in [0.2, 0.25) is 11.8 Å². The molecule has 1 unspecified atom stereocenters. The van der Waals surface area contributed by atoms with Crippen molar-refractivity contribution in [3.8, 4) is 0 Å². The Balaban J connectivity index is 2.78. The zero-order valence-corrected chi connectivity index (χ0v) is 17.3. The molecule has 1 aromatic heterocycles. The zero-order chi connectivity index (χ0) is 19.9. The maximum absolute atomic E-state index is 12.8. The molecule has 0 bridgehead atoms. The molecular weight excluding hydrogens is 332 g/mol. The van der Waals surface area contributed by atoms with Crippen LogP contribution in [0.1, 0.15) is 77.2 Å². The molecule has 0 aliphatic heterocycles. The molecule has 1 atom stereocenters. The van der Waals surface area contributed by atoms with Gasteiger partial charge in [0.05, 0.1) is 13.7 Å². The first-order chi connectivity index (χ1) is 12.0. The second-order valence-corrected chi connectivity index (χ2v) is 8.69. The molecule has 1 rings (SSSR count). The van der Waals surface area contributed by atoms with Crippen molar-refractivity contribution < 1.29 is 18.7 Å². The van der Waals surface area contributed by atoms with Gasteiger partial charge in [-0.25, -0.2) is 9.78 Å². The van der Waals surface area contributed by atoms with Crippen molar-refractivity contribution in [2.75, 3.05) is 13.7 Å². The van der Waals surface area contributed by atoms with E-state index in [1.54, 1.807) is 4.90 Å². The van der Waals surface area contributed by atoms with Crippen LogP contribution in [-0.2, 0) is 16.1 Å². The van der Waals surface area contributed by atoms with Crippen LogP contribution >= 0.6 is 0 Å². The molecule has 6 heteroatoms. The lowest BCUT2D eigenvalue weighted by atomic mass is 9.84. The van der Waals surface area contributed by atoms with Gasteiger partial charge in [-0.05, 0) is 30.1 Å². The number of ether oxygens (including phenoxy) is 1. The van der Waals surface area contributed by atoms with Gasteiger partial charge < -0.3 is 14.1 Å². The van der Waals surface area contributed by atoms with Gasteiger partial charge in [0.25, 0.3) is 0 Å². The smallest absolute Gasteiger partial charge is 0.360 e. The van der Waals surface area contributed by atoms with Crippen molar-refractivity contribution in [2.45, 2.75) is 67.3 Å². The first-order valence-electron chi connectivity index (χ1n) is 9.32. The maximum atomic E-state index is 12.8. The molecule has 0 aromatic carbocycles. The summed E-state index contributed by atoms with van der Waals surface area (Å²) in [5.74, 6) is 0.705. The minimum Gasteiger partial charge on any atom is -0.464 e. The Labute approximate surface area is 157 Å². The number of rotatable bonds is 9. The van der Waals surface area contributed by atoms with Gasteiger partial charge >= 0.3 is 5.97 Å². The van der Waals surface area contributed by atoms with Crippen molar-refractivity contribution in [3.05, 3.63) is 17.8 Å². The van der Waals surface area contributed by atoms with Crippen LogP contribution in [-0.4, -0.2) is 35.4 Å². The Morgan fingerprint density at radius 1 is 1.27 bits per heavy atom. The molecule has 0 spiro atoms. The highest BCUT2D eigenvalue weighted by Crippen LogP contribution is 2.26. The highest BCUT2D eigenvalue weighted by molar-refractivity contribution is 5.86. The number of amides is 1. The molecule has 0 saturated heterocycles. The normalized spacial score (nSPS) is 12.9. The van der Waals surface area contributed by atoms with Crippen LogP contribution in [0.3, 0.4) is 0 Å². The Morgan fingerprint density at radius 2 is 1.92 bits per heavy atom. The van der Waals surface area contributed by atoms with E-state index >= 15 is 0 Å². The van der Waals surface area contributed by atoms with E-state index in [0.29, 0.717) is 30.7 Å². The third-order valence-electron chi connectivity index (χ3n) is 4.09. The first kappa shape index (κ1) is 22.2. The Hall–Kier alpha value is -1.85. The monoisotopic (exact) mass is 366 g/mol. The lowest BCUT2D eigenvalue weighted by Gasteiger charge is -2.26. The summed E-state index contributed by atoms with van der Waals surface area (Å²) < 4.78 is 9.99. The van der Waals surface area contributed by atoms with Gasteiger partial charge in [0.1, 0.15) is 6.26 Å². The number of esters is 1. The minimum absolute atomic E-state index is 0.0974. The molecule has 1 amide bonds. The largest absolute Gasteiger partial charge is 0.464 e. The molecule has 0 aliphatic rings. The fourth-order valence-corrected chi connectivity index (χ4v) is 3.00. The third kappa shape index (κ3) is 8.02. The molecular formula is C20H34N2O4. The van der Waals surface area contributed by atoms with E-state index in [1.807, 2.05) is 0 Å². The highest BCUT2D eigenvalue weighted by Gasteiger charge is 2.23. The number of carbonyl (C=O) groups is 2. The maximum Gasteiger partial charge on any atom is 0.360 e. The lowest BCUT2D eigenvalue weighted by Crippen LogP contribution is -2.33. The molecule has 0 N–H and O–H groups in total. The van der Waals surface area contributed by atoms with Crippen LogP contribution in [0, 0.1) is 17.3 Å². The quantitative estimate of drug-likeness (QED) is 0.609. The lowest BCUT2D eigenvalue weighted by molar-refractivity contribution is -0.133. The average Bonchev–Trinajstić information content (AvgIpc) is 2.96. The Bertz CT molecular complexity index is 587. The fraction of sp³-hybridized carbons (Fsp3) is 0.750. The summed E-state index contributed by atoms with van der Waals surface area (Å²) in [6.07, 6.45) is 3.67. The Kier molecular flexibility index (Phi) is 8.31. The topological polar surface area (TPSA) is 72.6 Å². The van der Waals surface area contributed by atoms with E-state index in [1.165, 1.54) is 13.4 Å². The van der Waals surface area contributed by atoms with E-state index in [-0.39, 0.29) is 23.6 Å². The molecule has 1 heterocycles. The highest BCUT2D eigenvalue weighted by atomic mass is 16.5. The molecule has 1 aromatic rings. The minimum atomic E-state index is -0.543. The second kappa shape index (κ2) is 9.74. The molecule has 0 radical (unpaired) electrons. The molecule has 0 fully saturated rings. The second-order valence-electron chi connectivity index (χ2n) is 8.69. The van der Waals surface area contributed by atoms with Crippen LogP contribution in [0.5, 0.6) is 0 Å². The fourth-order valence-electron chi connectivity index (χ4n) is 3.00. The summed E-state index contributed by atoms with van der Waals surface area (Å²) in [7, 11) is 1.30. The van der Waals surface area contributed by atoms with Gasteiger partial charge in [-0.3, -0.25) is 4.79 Å². The summed E-state index contributed by atoms with van der Waals surface area (Å²) in [5.41, 5.74) is 0.320. The van der Waals surface area contributed by atoms with E-state index in [2.05, 4.69) is 51.3 Å². The number of aromatic nitrogens is 1. The van der Waals surface area contributed by atoms with Gasteiger partial charge in [0.15, 0.2) is 5.69 Å². The van der Waals surface area contributed by atoms with E-state index < -0.39 is 5.97 Å². The van der Waals surface area contributed by atoms with Crippen molar-refractivity contribution in [2.24, 2.45) is 17.3 Å². The van der Waals surface area contributed by atoms with Gasteiger partial charge in [-0.15, -0.1) is 0 Å². The van der Waals surface area contributed by atoms with Crippen molar-refractivity contribution in [3.63, 3.8) is 0 Å². The van der Waals surface area contributed by atoms with E-state index in [4.69, 9.17) is 4.42 Å². The van der Waals surface area contributed by atoms with Crippen LogP contribution in [0.2, 0.25) is 0 Å². The SMILES string of the molecule is COC(=O)c1coc(CN(CCC(C)C)C(=O)CC(C)CC(C)(C)C)n1. The summed E-state index contributed by atoms with van der Waals surface area (Å²) in [6, 6.07) is 0. The molecule has 148 valence electrons. The summed E-state index contributed by atoms with van der Waals surface area (Å²) >= 11 is 0. The van der Waals surface area contributed by atoms with E-state index in [9.17, 15) is 9.59 Å². The predicted molar refractivity (Wildman–Crippen MR) is 101 cm³/mol. The third-order valence-corrected chi connectivity index (χ3v) is 4.09. The van der Waals surface area contributed by atoms with Crippen LogP contribution < -0.4 is 0 Å². The number of carbonyl (C=O) groups excluding carboxylic acids is 2. The number of hydrogen-bond donors (Lipinski definition) is 0. The van der Waals surface area contributed by atoms with Crippen molar-refractivity contribution in [1.82, 2.24) is 9.88 Å². The summed E-state index contributed by atoms with van der Waals surface area (Å²) in [6.45, 7) is 13.9. The standard InChI is InChI=1S/C20H34N2O4/c1-14(2)8-9-22(18(23)10-15(3)11-20(4,5)6)12-17-21-16(13-26-17)19(24)25-7/h13-15H,8-12H2,1-7H3. The van der Waals surface area contributed by atoms with Crippen molar-refractivity contribution in [1.29, 1.82) is 0 Å². The van der Waals surface area contributed by atoms with Gasteiger partial charge in [-0.2, -0.15) is 0 Å². The predicted octanol–water partition coefficient (Wildman–Crippen LogP) is 4.30. The number of methoxy groups -OCH3 is 1. The van der Waals surface area contributed by atoms with Crippen LogP contribution in [0.25, 0.3) is 0 Å². The van der Waals surface area contributed by atoms with Gasteiger partial charge in [-0.1, -0.05) is 41.5 Å². The molecule has 0 aliphatic carbocycles. The van der Waals surface area contributed by atoms with Gasteiger partial charge in [0, 0.05) is 13.0 Å². The Morgan fingerprint density at radius 3 is 2.46 bits per heavy atom. The summed E-state index contributed by atoms with van der Waals surface area (Å²) in [4.78, 5) is 30.3. The summed E-state index contributed by atoms with van der Waals surface area (Å²) in [5, 5.41) is 0. The van der Waals surface area contributed by atoms with Crippen molar-refractivity contribution >= 4 is 11.9 Å². The molecule has 0 saturated carbocycles. The van der Waals surface area contributed by atoms with Crippen LogP contribution in [0.4, 0.5) is 0 Å². The first-order valence-corrected chi connectivity index (χ1v) is 9.32. The zero-order valence-electron chi connectivity index (χ0n) is 17.3. The average molecular weight is 367 g/mol.